The summed E-state index contributed by atoms with van der Waals surface area (Å²) in [6.07, 6.45) is 0. The van der Waals surface area contributed by atoms with Crippen LogP contribution >= 0.6 is 15.9 Å². The molecule has 110 valence electrons. The first-order valence-corrected chi connectivity index (χ1v) is 7.64. The number of ether oxygens (including phenoxy) is 1. The first kappa shape index (κ1) is 15.6. The molecule has 0 bridgehead atoms. The molecule has 0 heterocycles. The number of hydrogen-bond donors (Lipinski definition) is 1. The Morgan fingerprint density at radius 2 is 1.95 bits per heavy atom. The quantitative estimate of drug-likeness (QED) is 0.848. The first-order chi connectivity index (χ1) is 10.1. The summed E-state index contributed by atoms with van der Waals surface area (Å²) in [5, 5.41) is 2.88. The topological polar surface area (TPSA) is 38.3 Å². The molecular weight excluding hydrogens is 330 g/mol. The van der Waals surface area contributed by atoms with Crippen molar-refractivity contribution >= 4 is 27.5 Å². The van der Waals surface area contributed by atoms with Crippen molar-refractivity contribution in [3.8, 4) is 5.75 Å². The number of hydrogen-bond acceptors (Lipinski definition) is 2. The molecule has 0 saturated carbocycles. The summed E-state index contributed by atoms with van der Waals surface area (Å²) in [5.41, 5.74) is 1.32. The number of benzene rings is 2. The Morgan fingerprint density at radius 3 is 2.67 bits per heavy atom. The Hall–Kier alpha value is -1.81. The van der Waals surface area contributed by atoms with Gasteiger partial charge in [0.05, 0.1) is 12.2 Å². The Kier molecular flexibility index (Phi) is 5.39. The molecule has 0 aromatic heterocycles. The summed E-state index contributed by atoms with van der Waals surface area (Å²) in [5.74, 6) is 1.07. The van der Waals surface area contributed by atoms with E-state index in [2.05, 4.69) is 35.1 Å². The molecule has 2 aromatic carbocycles. The monoisotopic (exact) mass is 347 g/mol. The van der Waals surface area contributed by atoms with Crippen LogP contribution < -0.4 is 10.1 Å². The fourth-order valence-corrected chi connectivity index (χ4v) is 2.24. The lowest BCUT2D eigenvalue weighted by molar-refractivity contribution is 0.102. The predicted molar refractivity (Wildman–Crippen MR) is 88.9 cm³/mol. The zero-order chi connectivity index (χ0) is 15.2. The van der Waals surface area contributed by atoms with Crippen molar-refractivity contribution in [2.24, 2.45) is 5.92 Å². The first-order valence-electron chi connectivity index (χ1n) is 6.85. The lowest BCUT2D eigenvalue weighted by Crippen LogP contribution is -2.12. The van der Waals surface area contributed by atoms with Gasteiger partial charge >= 0.3 is 0 Å². The summed E-state index contributed by atoms with van der Waals surface area (Å²) in [4.78, 5) is 12.2. The van der Waals surface area contributed by atoms with E-state index in [0.29, 0.717) is 18.1 Å². The fourth-order valence-electron chi connectivity index (χ4n) is 1.77. The Labute approximate surface area is 133 Å². The zero-order valence-electron chi connectivity index (χ0n) is 12.1. The van der Waals surface area contributed by atoms with Gasteiger partial charge in [-0.2, -0.15) is 0 Å². The maximum absolute atomic E-state index is 12.2. The van der Waals surface area contributed by atoms with Crippen LogP contribution in [0.3, 0.4) is 0 Å². The van der Waals surface area contributed by atoms with E-state index in [1.54, 1.807) is 6.07 Å². The highest BCUT2D eigenvalue weighted by Crippen LogP contribution is 2.21. The van der Waals surface area contributed by atoms with Crippen LogP contribution in [0.4, 0.5) is 5.69 Å². The van der Waals surface area contributed by atoms with Crippen LogP contribution in [-0.2, 0) is 0 Å². The van der Waals surface area contributed by atoms with Crippen LogP contribution in [0.1, 0.15) is 24.2 Å². The molecule has 0 spiro atoms. The van der Waals surface area contributed by atoms with Crippen molar-refractivity contribution in [3.63, 3.8) is 0 Å². The molecule has 0 aliphatic heterocycles. The SMILES string of the molecule is CC(C)COc1cccc(NC(=O)c2ccccc2Br)c1. The number of amides is 1. The van der Waals surface area contributed by atoms with Crippen LogP contribution in [0.25, 0.3) is 0 Å². The van der Waals surface area contributed by atoms with Crippen molar-refractivity contribution in [2.45, 2.75) is 13.8 Å². The molecule has 0 aliphatic rings. The number of halogens is 1. The van der Waals surface area contributed by atoms with E-state index >= 15 is 0 Å². The van der Waals surface area contributed by atoms with Crippen LogP contribution in [0, 0.1) is 5.92 Å². The van der Waals surface area contributed by atoms with Gasteiger partial charge in [-0.25, -0.2) is 0 Å². The van der Waals surface area contributed by atoms with Crippen molar-refractivity contribution < 1.29 is 9.53 Å². The highest BCUT2D eigenvalue weighted by molar-refractivity contribution is 9.10. The normalized spacial score (nSPS) is 10.5. The molecule has 0 radical (unpaired) electrons. The molecule has 1 N–H and O–H groups in total. The van der Waals surface area contributed by atoms with Gasteiger partial charge in [-0.1, -0.05) is 32.0 Å². The summed E-state index contributed by atoms with van der Waals surface area (Å²) >= 11 is 3.38. The number of anilines is 1. The molecule has 0 saturated heterocycles. The number of carbonyl (C=O) groups excluding carboxylic acids is 1. The average Bonchev–Trinajstić information content (AvgIpc) is 2.46. The van der Waals surface area contributed by atoms with E-state index < -0.39 is 0 Å². The van der Waals surface area contributed by atoms with Crippen molar-refractivity contribution in [1.82, 2.24) is 0 Å². The van der Waals surface area contributed by atoms with Crippen molar-refractivity contribution in [3.05, 3.63) is 58.6 Å². The van der Waals surface area contributed by atoms with Crippen LogP contribution in [0.2, 0.25) is 0 Å². The highest BCUT2D eigenvalue weighted by atomic mass is 79.9. The highest BCUT2D eigenvalue weighted by Gasteiger charge is 2.09. The van der Waals surface area contributed by atoms with E-state index in [1.165, 1.54) is 0 Å². The van der Waals surface area contributed by atoms with E-state index in [0.717, 1.165) is 15.9 Å². The molecule has 0 unspecified atom stereocenters. The molecule has 3 nitrogen and oxygen atoms in total. The second kappa shape index (κ2) is 7.27. The van der Waals surface area contributed by atoms with Gasteiger partial charge in [0.15, 0.2) is 0 Å². The third-order valence-corrected chi connectivity index (χ3v) is 3.49. The van der Waals surface area contributed by atoms with Crippen molar-refractivity contribution in [2.75, 3.05) is 11.9 Å². The van der Waals surface area contributed by atoms with Gasteiger partial charge in [-0.15, -0.1) is 0 Å². The van der Waals surface area contributed by atoms with E-state index in [9.17, 15) is 4.79 Å². The maximum atomic E-state index is 12.2. The van der Waals surface area contributed by atoms with Crippen LogP contribution in [0.5, 0.6) is 5.75 Å². The van der Waals surface area contributed by atoms with E-state index in [4.69, 9.17) is 4.74 Å². The van der Waals surface area contributed by atoms with E-state index in [1.807, 2.05) is 42.5 Å². The summed E-state index contributed by atoms with van der Waals surface area (Å²) < 4.78 is 6.43. The van der Waals surface area contributed by atoms with Gasteiger partial charge in [0.25, 0.3) is 5.91 Å². The Bertz CT molecular complexity index is 626. The fraction of sp³-hybridized carbons (Fsp3) is 0.235. The second-order valence-electron chi connectivity index (χ2n) is 5.17. The minimum atomic E-state index is -0.150. The summed E-state index contributed by atoms with van der Waals surface area (Å²) in [7, 11) is 0. The van der Waals surface area contributed by atoms with Gasteiger partial charge in [0.1, 0.15) is 5.75 Å². The Balaban J connectivity index is 2.07. The van der Waals surface area contributed by atoms with Gasteiger partial charge < -0.3 is 10.1 Å². The van der Waals surface area contributed by atoms with Gasteiger partial charge in [-0.05, 0) is 46.1 Å². The molecule has 4 heteroatoms. The molecule has 2 aromatic rings. The molecule has 21 heavy (non-hydrogen) atoms. The third kappa shape index (κ3) is 4.60. The molecule has 0 aliphatic carbocycles. The lowest BCUT2D eigenvalue weighted by atomic mass is 10.2. The molecule has 0 atom stereocenters. The van der Waals surface area contributed by atoms with Gasteiger partial charge in [0, 0.05) is 16.2 Å². The molecule has 0 fully saturated rings. The summed E-state index contributed by atoms with van der Waals surface area (Å²) in [6, 6.07) is 14.8. The summed E-state index contributed by atoms with van der Waals surface area (Å²) in [6.45, 7) is 4.85. The second-order valence-corrected chi connectivity index (χ2v) is 6.02. The minimum absolute atomic E-state index is 0.150. The van der Waals surface area contributed by atoms with E-state index in [-0.39, 0.29) is 5.91 Å². The Morgan fingerprint density at radius 1 is 1.19 bits per heavy atom. The molecule has 1 amide bonds. The third-order valence-electron chi connectivity index (χ3n) is 2.79. The lowest BCUT2D eigenvalue weighted by Gasteiger charge is -2.11. The average molecular weight is 348 g/mol. The van der Waals surface area contributed by atoms with Crippen molar-refractivity contribution in [1.29, 1.82) is 0 Å². The predicted octanol–water partition coefficient (Wildman–Crippen LogP) is 4.74. The standard InChI is InChI=1S/C17H18BrNO2/c1-12(2)11-21-14-7-5-6-13(10-14)19-17(20)15-8-3-4-9-16(15)18/h3-10,12H,11H2,1-2H3,(H,19,20). The molecular formula is C17H18BrNO2. The van der Waals surface area contributed by atoms with Gasteiger partial charge in [0.2, 0.25) is 0 Å². The zero-order valence-corrected chi connectivity index (χ0v) is 13.7. The maximum Gasteiger partial charge on any atom is 0.256 e. The number of carbonyl (C=O) groups is 1. The number of nitrogens with one attached hydrogen (secondary N) is 1. The largest absolute Gasteiger partial charge is 0.493 e. The number of rotatable bonds is 5. The smallest absolute Gasteiger partial charge is 0.256 e. The van der Waals surface area contributed by atoms with Crippen LogP contribution in [-0.4, -0.2) is 12.5 Å². The molecule has 2 rings (SSSR count). The minimum Gasteiger partial charge on any atom is -0.493 e. The van der Waals surface area contributed by atoms with Gasteiger partial charge in [-0.3, -0.25) is 4.79 Å². The van der Waals surface area contributed by atoms with Crippen LogP contribution in [0.15, 0.2) is 53.0 Å².